The number of fused-ring (bicyclic) bond motifs is 34. The first-order valence-corrected chi connectivity index (χ1v) is 41.9. The Bertz CT molecular complexity index is 8670. The van der Waals surface area contributed by atoms with Gasteiger partial charge in [-0.05, 0) is 212 Å². The van der Waals surface area contributed by atoms with E-state index in [0.717, 1.165) is 262 Å². The molecule has 0 radical (unpaired) electrons. The van der Waals surface area contributed by atoms with Gasteiger partial charge in [0.2, 0.25) is 0 Å². The number of rotatable bonds is 4. The van der Waals surface area contributed by atoms with Gasteiger partial charge in [0.15, 0.2) is 16.7 Å². The van der Waals surface area contributed by atoms with Crippen molar-refractivity contribution >= 4 is 223 Å². The van der Waals surface area contributed by atoms with E-state index in [1.54, 1.807) is 0 Å². The molecule has 28 rings (SSSR count). The third kappa shape index (κ3) is 8.19. The highest BCUT2D eigenvalue weighted by atomic mass is 16.4. The van der Waals surface area contributed by atoms with Crippen LogP contribution in [0.5, 0.6) is 0 Å². The Kier molecular flexibility index (Phi) is 12.0. The zero-order valence-electron chi connectivity index (χ0n) is 66.7. The zero-order chi connectivity index (χ0) is 78.6. The van der Waals surface area contributed by atoms with E-state index < -0.39 is 6.85 Å². The van der Waals surface area contributed by atoms with Crippen LogP contribution in [0.25, 0.3) is 198 Å². The highest BCUT2D eigenvalue weighted by molar-refractivity contribution is 6.92. The van der Waals surface area contributed by atoms with Crippen molar-refractivity contribution in [2.75, 3.05) is 9.80 Å². The van der Waals surface area contributed by atoms with E-state index in [1.165, 1.54) is 27.7 Å². The fraction of sp³-hybridized carbons (Fsp3) is 0.121. The average molecular weight is 1530 g/mol. The molecule has 119 heavy (non-hydrogen) atoms. The van der Waals surface area contributed by atoms with Gasteiger partial charge in [-0.25, -0.2) is 0 Å². The van der Waals surface area contributed by atoms with Gasteiger partial charge in [0.05, 0.1) is 22.4 Å². The predicted octanol–water partition coefficient (Wildman–Crippen LogP) is 27.1. The minimum atomic E-state index is -0.397. The summed E-state index contributed by atoms with van der Waals surface area (Å²) in [6.45, 7) is 18.3. The third-order valence-electron chi connectivity index (χ3n) is 28.4. The van der Waals surface area contributed by atoms with Gasteiger partial charge in [-0.2, -0.15) is 0 Å². The van der Waals surface area contributed by atoms with Gasteiger partial charge >= 0.3 is 13.7 Å². The van der Waals surface area contributed by atoms with Gasteiger partial charge in [0.1, 0.15) is 50.2 Å². The molecule has 0 bridgehead atoms. The third-order valence-corrected chi connectivity index (χ3v) is 28.4. The summed E-state index contributed by atoms with van der Waals surface area (Å²) < 4.78 is 49.4. The van der Waals surface area contributed by atoms with Crippen LogP contribution in [0, 0.1) is 6.92 Å². The van der Waals surface area contributed by atoms with Crippen molar-refractivity contribution in [1.82, 2.24) is 8.96 Å². The number of hydrogen-bond acceptors (Lipinski definition) is 8. The first kappa shape index (κ1) is 65.1. The summed E-state index contributed by atoms with van der Waals surface area (Å²) in [5.74, 6) is 0. The molecule has 0 saturated heterocycles. The second kappa shape index (κ2) is 21.9. The summed E-state index contributed by atoms with van der Waals surface area (Å²) in [5.41, 5.74) is 39.3. The van der Waals surface area contributed by atoms with Gasteiger partial charge in [0.25, 0.3) is 0 Å². The second-order valence-corrected chi connectivity index (χ2v) is 36.7. The molecule has 12 heterocycles. The topological polar surface area (TPSA) is 95.2 Å². The lowest BCUT2D eigenvalue weighted by Crippen LogP contribution is -2.57. The lowest BCUT2D eigenvalue weighted by molar-refractivity contribution is 0.332. The van der Waals surface area contributed by atoms with Crippen molar-refractivity contribution < 1.29 is 26.5 Å². The lowest BCUT2D eigenvalue weighted by Gasteiger charge is -2.44. The number of furan rings is 6. The molecular formula is C107H72B2N4O6. The molecule has 0 N–H and O–H groups in total. The maximum absolute atomic E-state index is 7.87. The molecule has 0 amide bonds. The Morgan fingerprint density at radius 3 is 1.52 bits per heavy atom. The second-order valence-electron chi connectivity index (χ2n) is 36.7. The molecule has 12 heteroatoms. The summed E-state index contributed by atoms with van der Waals surface area (Å²) in [5, 5.41) is 12.7. The minimum absolute atomic E-state index is 0.00991. The summed E-state index contributed by atoms with van der Waals surface area (Å²) in [6.07, 6.45) is 2.22. The van der Waals surface area contributed by atoms with Crippen molar-refractivity contribution in [1.29, 1.82) is 0 Å². The van der Waals surface area contributed by atoms with Crippen molar-refractivity contribution in [2.45, 2.75) is 84.5 Å². The van der Waals surface area contributed by atoms with Crippen molar-refractivity contribution in [2.24, 2.45) is 0 Å². The van der Waals surface area contributed by atoms with Crippen LogP contribution in [0.15, 0.2) is 293 Å². The Hall–Kier alpha value is -14.1. The Morgan fingerprint density at radius 2 is 0.832 bits per heavy atom. The van der Waals surface area contributed by atoms with Crippen molar-refractivity contribution in [3.8, 4) is 44.5 Å². The minimum Gasteiger partial charge on any atom is -0.456 e. The van der Waals surface area contributed by atoms with Crippen LogP contribution >= 0.6 is 0 Å². The van der Waals surface area contributed by atoms with Crippen molar-refractivity contribution in [3.63, 3.8) is 0 Å². The summed E-state index contributed by atoms with van der Waals surface area (Å²) >= 11 is 0. The molecule has 0 saturated carbocycles. The fourth-order valence-electron chi connectivity index (χ4n) is 22.7. The number of benzene rings is 15. The van der Waals surface area contributed by atoms with E-state index in [9.17, 15) is 0 Å². The molecule has 1 aliphatic carbocycles. The molecule has 10 nitrogen and oxygen atoms in total. The van der Waals surface area contributed by atoms with Crippen LogP contribution < -0.4 is 31.7 Å². The highest BCUT2D eigenvalue weighted by Gasteiger charge is 2.50. The first-order chi connectivity index (χ1) is 58.0. The van der Waals surface area contributed by atoms with E-state index in [2.05, 4.69) is 341 Å². The summed E-state index contributed by atoms with van der Waals surface area (Å²) in [7, 11) is 0. The number of anilines is 6. The molecule has 23 aromatic rings. The molecule has 0 unspecified atom stereocenters. The van der Waals surface area contributed by atoms with Gasteiger partial charge in [0, 0.05) is 132 Å². The Balaban J connectivity index is 0.694. The van der Waals surface area contributed by atoms with E-state index in [-0.39, 0.29) is 23.1 Å². The first-order valence-electron chi connectivity index (χ1n) is 41.9. The van der Waals surface area contributed by atoms with E-state index in [0.29, 0.717) is 0 Å². The molecule has 0 spiro atoms. The molecular weight excluding hydrogens is 1460 g/mol. The van der Waals surface area contributed by atoms with Crippen LogP contribution in [0.1, 0.15) is 83.6 Å². The van der Waals surface area contributed by atoms with Crippen LogP contribution in [-0.4, -0.2) is 22.7 Å². The summed E-state index contributed by atoms with van der Waals surface area (Å²) in [6, 6.07) is 98.7. The van der Waals surface area contributed by atoms with Gasteiger partial charge in [-0.15, -0.1) is 0 Å². The SMILES string of the molecule is Cc1cc2c(cc1N1c3cc4c(oc5ccccc54)c4c3B(c3c1ccc1c3oc3cc(-c5ccc6c(c5)oc5c7c8c(cc56)-c5cccc6c9oc%10ccccc%10c9n(c56)B8c5cc6c(cc5N7c5ccc(C(C)(C)C)cc5-c5ccccc5)oc5ccccc56)ccc31)n1c3c-4cccc3c3oc4ccccc4c31)C(C)(C)CCC2(C)C. The Labute approximate surface area is 682 Å². The molecule has 8 aromatic heterocycles. The maximum Gasteiger partial charge on any atom is 0.337 e. The fourth-order valence-corrected chi connectivity index (χ4v) is 22.7. The maximum atomic E-state index is 7.87. The molecule has 0 atom stereocenters. The van der Waals surface area contributed by atoms with Crippen LogP contribution in [0.4, 0.5) is 34.1 Å². The summed E-state index contributed by atoms with van der Waals surface area (Å²) in [4.78, 5) is 5.13. The smallest absolute Gasteiger partial charge is 0.337 e. The largest absolute Gasteiger partial charge is 0.456 e. The van der Waals surface area contributed by atoms with E-state index in [1.807, 2.05) is 0 Å². The Morgan fingerprint density at radius 1 is 0.303 bits per heavy atom. The number of para-hydroxylation sites is 6. The average Bonchev–Trinajstić information content (AvgIpc) is 1.58. The lowest BCUT2D eigenvalue weighted by atomic mass is 9.44. The number of nitrogens with zero attached hydrogens (tertiary/aromatic N) is 4. The number of aryl methyl sites for hydroxylation is 1. The molecule has 562 valence electrons. The molecule has 5 aliphatic rings. The quantitative estimate of drug-likeness (QED) is 0.161. The number of aromatic nitrogens is 2. The van der Waals surface area contributed by atoms with Gasteiger partial charge in [-0.3, -0.25) is 0 Å². The van der Waals surface area contributed by atoms with Crippen molar-refractivity contribution in [3.05, 3.63) is 289 Å². The highest BCUT2D eigenvalue weighted by Crippen LogP contribution is 2.58. The molecule has 4 aliphatic heterocycles. The zero-order valence-corrected chi connectivity index (χ0v) is 66.7. The van der Waals surface area contributed by atoms with Crippen LogP contribution in [-0.2, 0) is 16.2 Å². The monoisotopic (exact) mass is 1530 g/mol. The van der Waals surface area contributed by atoms with E-state index in [4.69, 9.17) is 26.5 Å². The molecule has 0 fully saturated rings. The van der Waals surface area contributed by atoms with Crippen LogP contribution in [0.3, 0.4) is 0 Å². The van der Waals surface area contributed by atoms with Gasteiger partial charge < -0.3 is 45.3 Å². The standard InChI is InChI=1S/C107H72B2N4O6/c1-55-46-76-77(107(7,8)45-44-106(76,5)6)53-81(55)110-80-43-41-65-62-39-36-57(47-88(62)118-101(65)94(80)109-93-83(110)52-75-61-25-13-17-33-85(61)115-100(75)91(93)68-29-21-31-70-96(68)113(109)98-67-27-15-19-35-87(67)117-103(70)98)58-37-40-63-74-50-73-64-28-20-30-69-95(64)112(97-66-26-14-18-34-86(66)116-102(69)97)108-78-51-72-60-24-12-16-32-84(60)114-90(72)54-82(78)111(99(92(73)108)104(74)119-89(63)48-58)79-42-38-59(105(2,3)4)49-71(79)56-22-10-9-11-23-56/h9-43,46-54H,44-45H2,1-8H3. The van der Waals surface area contributed by atoms with Gasteiger partial charge in [-0.1, -0.05) is 194 Å². The predicted molar refractivity (Wildman–Crippen MR) is 492 cm³/mol. The van der Waals surface area contributed by atoms with Crippen LogP contribution in [0.2, 0.25) is 0 Å². The number of hydrogen-bond donors (Lipinski definition) is 0. The normalized spacial score (nSPS) is 15.1. The van der Waals surface area contributed by atoms with E-state index >= 15 is 0 Å². The molecule has 15 aromatic carbocycles.